The zero-order valence-electron chi connectivity index (χ0n) is 21.9. The summed E-state index contributed by atoms with van der Waals surface area (Å²) in [5.74, 6) is -0.987. The van der Waals surface area contributed by atoms with E-state index in [1.54, 1.807) is 0 Å². The van der Waals surface area contributed by atoms with Crippen molar-refractivity contribution in [1.29, 1.82) is 0 Å². The zero-order chi connectivity index (χ0) is 25.5. The molecule has 10 nitrogen and oxygen atoms in total. The lowest BCUT2D eigenvalue weighted by Crippen LogP contribution is -2.15. The van der Waals surface area contributed by atoms with E-state index in [-0.39, 0.29) is 13.2 Å². The Bertz CT molecular complexity index is 412. The molecule has 1 N–H and O–H groups in total. The summed E-state index contributed by atoms with van der Waals surface area (Å²) < 4.78 is 42.8. The average Bonchev–Trinajstić information content (AvgIpc) is 2.85. The maximum Gasteiger partial charge on any atom is 0.329 e. The first-order chi connectivity index (χ1) is 17.3. The quantitative estimate of drug-likeness (QED) is 0.140. The normalized spacial score (nSPS) is 11.3. The Morgan fingerprint density at radius 2 is 0.714 bits per heavy atom. The van der Waals surface area contributed by atoms with E-state index < -0.39 is 5.97 Å². The molecule has 0 fully saturated rings. The third kappa shape index (κ3) is 33.1. The summed E-state index contributed by atoms with van der Waals surface area (Å²) in [6, 6.07) is 0. The van der Waals surface area contributed by atoms with E-state index in [9.17, 15) is 4.79 Å². The van der Waals surface area contributed by atoms with Gasteiger partial charge in [0.1, 0.15) is 6.61 Å². The van der Waals surface area contributed by atoms with Crippen LogP contribution in [0.5, 0.6) is 0 Å². The molecule has 0 atom stereocenters. The SMILES string of the molecule is CCCCCCCCCOCCOCCOCCOCCOCCOCCOCCOCC(=O)O. The molecule has 0 radical (unpaired) electrons. The number of aliphatic carboxylic acids is 1. The Kier molecular flexibility index (Phi) is 30.4. The van der Waals surface area contributed by atoms with E-state index in [0.717, 1.165) is 13.0 Å². The first-order valence-corrected chi connectivity index (χ1v) is 13.1. The van der Waals surface area contributed by atoms with Crippen molar-refractivity contribution in [2.75, 3.05) is 106 Å². The summed E-state index contributed by atoms with van der Waals surface area (Å²) in [4.78, 5) is 10.2. The van der Waals surface area contributed by atoms with Crippen LogP contribution < -0.4 is 0 Å². The number of ether oxygens (including phenoxy) is 8. The smallest absolute Gasteiger partial charge is 0.329 e. The lowest BCUT2D eigenvalue weighted by Gasteiger charge is -2.08. The summed E-state index contributed by atoms with van der Waals surface area (Å²) in [7, 11) is 0. The average molecular weight is 511 g/mol. The minimum absolute atomic E-state index is 0.253. The molecule has 0 aliphatic carbocycles. The van der Waals surface area contributed by atoms with Gasteiger partial charge in [0.2, 0.25) is 0 Å². The van der Waals surface area contributed by atoms with Gasteiger partial charge in [0.05, 0.1) is 92.5 Å². The van der Waals surface area contributed by atoms with Gasteiger partial charge < -0.3 is 43.0 Å². The van der Waals surface area contributed by atoms with Crippen LogP contribution in [0.15, 0.2) is 0 Å². The summed E-state index contributed by atoms with van der Waals surface area (Å²) in [6.07, 6.45) is 9.08. The zero-order valence-corrected chi connectivity index (χ0v) is 21.9. The molecule has 0 bridgehead atoms. The first-order valence-electron chi connectivity index (χ1n) is 13.1. The molecule has 0 saturated heterocycles. The third-order valence-electron chi connectivity index (χ3n) is 4.72. The molecular weight excluding hydrogens is 460 g/mol. The fourth-order valence-electron chi connectivity index (χ4n) is 2.86. The number of rotatable bonds is 31. The molecule has 0 aromatic rings. The van der Waals surface area contributed by atoms with Crippen molar-refractivity contribution in [2.24, 2.45) is 0 Å². The monoisotopic (exact) mass is 510 g/mol. The Balaban J connectivity index is 3.01. The van der Waals surface area contributed by atoms with E-state index >= 15 is 0 Å². The number of unbranched alkanes of at least 4 members (excludes halogenated alkanes) is 6. The maximum absolute atomic E-state index is 10.2. The van der Waals surface area contributed by atoms with Gasteiger partial charge in [0.15, 0.2) is 0 Å². The second-order valence-corrected chi connectivity index (χ2v) is 7.85. The van der Waals surface area contributed by atoms with Crippen molar-refractivity contribution in [3.63, 3.8) is 0 Å². The Morgan fingerprint density at radius 3 is 1.06 bits per heavy atom. The first kappa shape index (κ1) is 34.1. The van der Waals surface area contributed by atoms with Crippen molar-refractivity contribution in [3.8, 4) is 0 Å². The molecule has 0 heterocycles. The van der Waals surface area contributed by atoms with Gasteiger partial charge in [-0.05, 0) is 6.42 Å². The number of hydrogen-bond donors (Lipinski definition) is 1. The van der Waals surface area contributed by atoms with Gasteiger partial charge in [-0.2, -0.15) is 0 Å². The minimum Gasteiger partial charge on any atom is -0.480 e. The summed E-state index contributed by atoms with van der Waals surface area (Å²) >= 11 is 0. The van der Waals surface area contributed by atoms with Crippen LogP contribution in [-0.2, 0) is 42.7 Å². The summed E-state index contributed by atoms with van der Waals surface area (Å²) in [5, 5.41) is 8.40. The number of hydrogen-bond acceptors (Lipinski definition) is 9. The van der Waals surface area contributed by atoms with Crippen molar-refractivity contribution in [2.45, 2.75) is 51.9 Å². The molecule has 0 aromatic carbocycles. The van der Waals surface area contributed by atoms with Crippen molar-refractivity contribution >= 4 is 5.97 Å². The molecule has 10 heteroatoms. The third-order valence-corrected chi connectivity index (χ3v) is 4.72. The molecule has 0 saturated carbocycles. The van der Waals surface area contributed by atoms with Crippen LogP contribution in [0, 0.1) is 0 Å². The molecule has 0 aliphatic rings. The van der Waals surface area contributed by atoms with Gasteiger partial charge in [-0.1, -0.05) is 45.4 Å². The van der Waals surface area contributed by atoms with Crippen molar-refractivity contribution < 1.29 is 47.8 Å². The van der Waals surface area contributed by atoms with Crippen molar-refractivity contribution in [1.82, 2.24) is 0 Å². The highest BCUT2D eigenvalue weighted by Gasteiger charge is 1.97. The van der Waals surface area contributed by atoms with Crippen LogP contribution in [-0.4, -0.2) is 117 Å². The topological polar surface area (TPSA) is 111 Å². The Hall–Kier alpha value is -0.850. The number of carboxylic acids is 1. The summed E-state index contributed by atoms with van der Waals surface area (Å²) in [5.41, 5.74) is 0. The van der Waals surface area contributed by atoms with Crippen molar-refractivity contribution in [3.05, 3.63) is 0 Å². The molecular formula is C25H50O10. The second kappa shape index (κ2) is 31.2. The Morgan fingerprint density at radius 1 is 0.429 bits per heavy atom. The summed E-state index contributed by atoms with van der Waals surface area (Å²) in [6.45, 7) is 9.63. The molecule has 0 unspecified atom stereocenters. The van der Waals surface area contributed by atoms with Crippen LogP contribution in [0.3, 0.4) is 0 Å². The molecule has 210 valence electrons. The second-order valence-electron chi connectivity index (χ2n) is 7.85. The highest BCUT2D eigenvalue weighted by atomic mass is 16.6. The highest BCUT2D eigenvalue weighted by molar-refractivity contribution is 5.67. The molecule has 0 aromatic heterocycles. The highest BCUT2D eigenvalue weighted by Crippen LogP contribution is 2.06. The van der Waals surface area contributed by atoms with E-state index in [2.05, 4.69) is 6.92 Å². The number of carboxylic acid groups (broad SMARTS) is 1. The van der Waals surface area contributed by atoms with Gasteiger partial charge in [0.25, 0.3) is 0 Å². The lowest BCUT2D eigenvalue weighted by molar-refractivity contribution is -0.142. The molecule has 0 aliphatic heterocycles. The molecule has 0 amide bonds. The van der Waals surface area contributed by atoms with Gasteiger partial charge >= 0.3 is 5.97 Å². The number of carbonyl (C=O) groups is 1. The van der Waals surface area contributed by atoms with Gasteiger partial charge in [-0.25, -0.2) is 4.79 Å². The largest absolute Gasteiger partial charge is 0.480 e. The van der Waals surface area contributed by atoms with E-state index in [0.29, 0.717) is 85.9 Å². The maximum atomic E-state index is 10.2. The van der Waals surface area contributed by atoms with E-state index in [4.69, 9.17) is 43.0 Å². The fraction of sp³-hybridized carbons (Fsp3) is 0.960. The standard InChI is InChI=1S/C25H50O10/c1-2-3-4-5-6-7-8-9-28-10-11-29-12-13-30-14-15-31-16-17-32-18-19-33-20-21-34-22-23-35-24-25(26)27/h2-24H2,1H3,(H,26,27). The molecule has 0 rings (SSSR count). The fourth-order valence-corrected chi connectivity index (χ4v) is 2.86. The predicted molar refractivity (Wildman–Crippen MR) is 132 cm³/mol. The minimum atomic E-state index is -0.987. The van der Waals surface area contributed by atoms with Crippen LogP contribution in [0.25, 0.3) is 0 Å². The Labute approximate surface area is 211 Å². The van der Waals surface area contributed by atoms with Gasteiger partial charge in [-0.15, -0.1) is 0 Å². The lowest BCUT2D eigenvalue weighted by atomic mass is 10.1. The van der Waals surface area contributed by atoms with Gasteiger partial charge in [0, 0.05) is 6.61 Å². The predicted octanol–water partition coefficient (Wildman–Crippen LogP) is 2.95. The van der Waals surface area contributed by atoms with Crippen LogP contribution >= 0.6 is 0 Å². The molecule has 35 heavy (non-hydrogen) atoms. The van der Waals surface area contributed by atoms with Gasteiger partial charge in [-0.3, -0.25) is 0 Å². The molecule has 0 spiro atoms. The van der Waals surface area contributed by atoms with Crippen LogP contribution in [0.1, 0.15) is 51.9 Å². The van der Waals surface area contributed by atoms with Crippen LogP contribution in [0.2, 0.25) is 0 Å². The van der Waals surface area contributed by atoms with E-state index in [1.807, 2.05) is 0 Å². The van der Waals surface area contributed by atoms with E-state index in [1.165, 1.54) is 38.5 Å². The van der Waals surface area contributed by atoms with Crippen LogP contribution in [0.4, 0.5) is 0 Å².